The molecule has 0 spiro atoms. The van der Waals surface area contributed by atoms with Gasteiger partial charge in [-0.3, -0.25) is 4.84 Å². The molecule has 0 saturated heterocycles. The number of carbonyl (C=O) groups excluding carboxylic acids is 2. The van der Waals surface area contributed by atoms with Gasteiger partial charge in [-0.1, -0.05) is 0 Å². The largest absolute Gasteiger partial charge is 0.550 e. The minimum absolute atomic E-state index is 0.120. The van der Waals surface area contributed by atoms with E-state index in [0.717, 1.165) is 0 Å². The Morgan fingerprint density at radius 1 is 0.769 bits per heavy atom. The van der Waals surface area contributed by atoms with E-state index in [4.69, 9.17) is 28.5 Å². The molecule has 0 aliphatic heterocycles. The molecule has 1 N–H and O–H groups in total. The summed E-state index contributed by atoms with van der Waals surface area (Å²) >= 11 is 0. The third-order valence-electron chi connectivity index (χ3n) is 2.45. The molecule has 0 aromatic rings. The van der Waals surface area contributed by atoms with E-state index in [0.29, 0.717) is 46.2 Å². The zero-order valence-electron chi connectivity index (χ0n) is 15.7. The lowest BCUT2D eigenvalue weighted by molar-refractivity contribution is -0.306. The lowest BCUT2D eigenvalue weighted by atomic mass is 10.2. The molecule has 0 aliphatic carbocycles. The van der Waals surface area contributed by atoms with Crippen LogP contribution in [0.15, 0.2) is 0 Å². The summed E-state index contributed by atoms with van der Waals surface area (Å²) < 4.78 is 25.8. The van der Waals surface area contributed by atoms with Gasteiger partial charge in [0.05, 0.1) is 59.5 Å². The van der Waals surface area contributed by atoms with E-state index < -0.39 is 17.7 Å². The van der Waals surface area contributed by atoms with Gasteiger partial charge in [0, 0.05) is 12.4 Å². The number of ether oxygens (including phenoxy) is 5. The lowest BCUT2D eigenvalue weighted by Crippen LogP contribution is -2.33. The van der Waals surface area contributed by atoms with Gasteiger partial charge in [0.2, 0.25) is 0 Å². The molecule has 0 saturated carbocycles. The average Bonchev–Trinajstić information content (AvgIpc) is 2.52. The van der Waals surface area contributed by atoms with Gasteiger partial charge in [0.1, 0.15) is 5.60 Å². The summed E-state index contributed by atoms with van der Waals surface area (Å²) in [4.78, 5) is 26.3. The highest BCUT2D eigenvalue weighted by Crippen LogP contribution is 2.06. The molecule has 1 amide bonds. The number of hydroxylamine groups is 1. The van der Waals surface area contributed by atoms with Crippen LogP contribution in [-0.4, -0.2) is 77.1 Å². The highest BCUT2D eigenvalue weighted by Gasteiger charge is 2.15. The van der Waals surface area contributed by atoms with Crippen molar-refractivity contribution in [3.8, 4) is 0 Å². The summed E-state index contributed by atoms with van der Waals surface area (Å²) in [5.74, 6) is -1.13. The Balaban J connectivity index is 3.16. The van der Waals surface area contributed by atoms with Crippen LogP contribution in [0.1, 0.15) is 27.2 Å². The molecule has 0 aromatic carbocycles. The van der Waals surface area contributed by atoms with Gasteiger partial charge >= 0.3 is 6.09 Å². The summed E-state index contributed by atoms with van der Waals surface area (Å²) in [6.07, 6.45) is -0.768. The van der Waals surface area contributed by atoms with Gasteiger partial charge < -0.3 is 33.6 Å². The van der Waals surface area contributed by atoms with Gasteiger partial charge in [0.15, 0.2) is 0 Å². The molecule has 0 radical (unpaired) electrons. The molecule has 0 heterocycles. The van der Waals surface area contributed by atoms with Crippen molar-refractivity contribution in [1.29, 1.82) is 0 Å². The first-order valence-electron chi connectivity index (χ1n) is 8.43. The molecule has 26 heavy (non-hydrogen) atoms. The maximum atomic E-state index is 11.3. The molecule has 10 heteroatoms. The number of carbonyl (C=O) groups is 2. The fourth-order valence-electron chi connectivity index (χ4n) is 1.43. The predicted molar refractivity (Wildman–Crippen MR) is 88.2 cm³/mol. The number of amides is 1. The number of carboxylic acid groups (broad SMARTS) is 1. The van der Waals surface area contributed by atoms with E-state index in [1.54, 1.807) is 20.8 Å². The highest BCUT2D eigenvalue weighted by molar-refractivity contribution is 5.66. The lowest BCUT2D eigenvalue weighted by Gasteiger charge is -2.19. The molecule has 0 fully saturated rings. The molecule has 0 bridgehead atoms. The van der Waals surface area contributed by atoms with Gasteiger partial charge in [-0.2, -0.15) is 5.48 Å². The first kappa shape index (κ1) is 24.5. The molecule has 0 atom stereocenters. The molecule has 0 rings (SSSR count). The minimum atomic E-state index is -1.13. The number of aliphatic carboxylic acids is 1. The quantitative estimate of drug-likeness (QED) is 0.282. The van der Waals surface area contributed by atoms with Crippen LogP contribution in [-0.2, 0) is 33.3 Å². The van der Waals surface area contributed by atoms with Crippen molar-refractivity contribution >= 4 is 12.1 Å². The fourth-order valence-corrected chi connectivity index (χ4v) is 1.43. The molecule has 0 unspecified atom stereocenters. The fraction of sp³-hybridized carbons (Fsp3) is 0.875. The maximum Gasteiger partial charge on any atom is 0.431 e. The Hall–Kier alpha value is -1.46. The maximum absolute atomic E-state index is 11.3. The third-order valence-corrected chi connectivity index (χ3v) is 2.45. The van der Waals surface area contributed by atoms with Crippen LogP contribution in [0.4, 0.5) is 4.79 Å². The van der Waals surface area contributed by atoms with Crippen molar-refractivity contribution in [2.24, 2.45) is 0 Å². The number of hydrogen-bond donors (Lipinski definition) is 1. The van der Waals surface area contributed by atoms with Crippen molar-refractivity contribution < 1.29 is 43.2 Å². The van der Waals surface area contributed by atoms with Gasteiger partial charge in [-0.05, 0) is 20.8 Å². The standard InChI is InChI=1S/C16H31NO9/c1-16(2,3)26-15(20)17-25-13-12-24-11-10-23-9-8-22-7-6-21-5-4-14(18)19/h4-13H2,1-3H3,(H,17,20)(H,18,19)/p-1. The Kier molecular flexibility index (Phi) is 14.9. The summed E-state index contributed by atoms with van der Waals surface area (Å²) in [6, 6.07) is 0. The SMILES string of the molecule is CC(C)(C)OC(=O)NOCCOCCOCCOCCOCCC(=O)[O-]. The van der Waals surface area contributed by atoms with E-state index in [1.807, 2.05) is 0 Å². The Bertz CT molecular complexity index is 371. The molecular formula is C16H30NO9-. The molecular weight excluding hydrogens is 350 g/mol. The first-order chi connectivity index (χ1) is 12.3. The van der Waals surface area contributed by atoms with Crippen molar-refractivity contribution in [3.63, 3.8) is 0 Å². The van der Waals surface area contributed by atoms with Gasteiger partial charge in [0.25, 0.3) is 0 Å². The number of carboxylic acids is 1. The Morgan fingerprint density at radius 3 is 1.62 bits per heavy atom. The van der Waals surface area contributed by atoms with Crippen LogP contribution in [0, 0.1) is 0 Å². The second-order valence-electron chi connectivity index (χ2n) is 6.02. The van der Waals surface area contributed by atoms with Crippen molar-refractivity contribution in [1.82, 2.24) is 5.48 Å². The van der Waals surface area contributed by atoms with E-state index in [-0.39, 0.29) is 19.6 Å². The second kappa shape index (κ2) is 15.8. The van der Waals surface area contributed by atoms with Crippen molar-refractivity contribution in [2.75, 3.05) is 59.5 Å². The van der Waals surface area contributed by atoms with Crippen LogP contribution >= 0.6 is 0 Å². The summed E-state index contributed by atoms with van der Waals surface area (Å²) in [6.45, 7) is 8.22. The zero-order chi connectivity index (χ0) is 19.7. The summed E-state index contributed by atoms with van der Waals surface area (Å²) in [5.41, 5.74) is 1.58. The topological polar surface area (TPSA) is 125 Å². The second-order valence-corrected chi connectivity index (χ2v) is 6.02. The normalized spacial score (nSPS) is 11.3. The van der Waals surface area contributed by atoms with E-state index in [2.05, 4.69) is 5.48 Å². The van der Waals surface area contributed by atoms with Crippen LogP contribution in [0.2, 0.25) is 0 Å². The number of rotatable bonds is 16. The molecule has 0 aliphatic rings. The van der Waals surface area contributed by atoms with E-state index in [1.165, 1.54) is 0 Å². The van der Waals surface area contributed by atoms with E-state index >= 15 is 0 Å². The van der Waals surface area contributed by atoms with Crippen molar-refractivity contribution in [2.45, 2.75) is 32.8 Å². The highest BCUT2D eigenvalue weighted by atomic mass is 16.7. The Morgan fingerprint density at radius 2 is 1.19 bits per heavy atom. The van der Waals surface area contributed by atoms with Crippen LogP contribution in [0.3, 0.4) is 0 Å². The monoisotopic (exact) mass is 380 g/mol. The van der Waals surface area contributed by atoms with Crippen LogP contribution < -0.4 is 10.6 Å². The van der Waals surface area contributed by atoms with Crippen LogP contribution in [0.5, 0.6) is 0 Å². The first-order valence-corrected chi connectivity index (χ1v) is 8.43. The van der Waals surface area contributed by atoms with Gasteiger partial charge in [-0.15, -0.1) is 0 Å². The minimum Gasteiger partial charge on any atom is -0.550 e. The molecule has 10 nitrogen and oxygen atoms in total. The number of hydrogen-bond acceptors (Lipinski definition) is 9. The Labute approximate surface area is 154 Å². The summed E-state index contributed by atoms with van der Waals surface area (Å²) in [7, 11) is 0. The molecule has 154 valence electrons. The van der Waals surface area contributed by atoms with Crippen LogP contribution in [0.25, 0.3) is 0 Å². The smallest absolute Gasteiger partial charge is 0.431 e. The number of nitrogens with one attached hydrogen (secondary N) is 1. The van der Waals surface area contributed by atoms with Crippen molar-refractivity contribution in [3.05, 3.63) is 0 Å². The average molecular weight is 380 g/mol. The predicted octanol–water partition coefficient (Wildman–Crippen LogP) is -0.351. The van der Waals surface area contributed by atoms with Gasteiger partial charge in [-0.25, -0.2) is 4.79 Å². The zero-order valence-corrected chi connectivity index (χ0v) is 15.7. The third kappa shape index (κ3) is 20.6. The van der Waals surface area contributed by atoms with E-state index in [9.17, 15) is 14.7 Å². The summed E-state index contributed by atoms with van der Waals surface area (Å²) in [5, 5.41) is 10.1. The molecule has 0 aromatic heterocycles.